The van der Waals surface area contributed by atoms with Crippen molar-refractivity contribution in [1.82, 2.24) is 10.6 Å². The summed E-state index contributed by atoms with van der Waals surface area (Å²) in [4.78, 5) is 10.8. The molecular weight excluding hydrogens is 152 g/mol. The van der Waals surface area contributed by atoms with Crippen LogP contribution in [0.5, 0.6) is 0 Å². The van der Waals surface area contributed by atoms with Crippen molar-refractivity contribution in [1.29, 1.82) is 0 Å². The summed E-state index contributed by atoms with van der Waals surface area (Å²) in [5.41, 5.74) is 0.294. The van der Waals surface area contributed by atoms with Gasteiger partial charge >= 0.3 is 0 Å². The zero-order valence-corrected chi connectivity index (χ0v) is 8.53. The number of nitrogens with one attached hydrogen (secondary N) is 2. The predicted molar refractivity (Wildman–Crippen MR) is 51.0 cm³/mol. The van der Waals surface area contributed by atoms with Crippen molar-refractivity contribution < 1.29 is 4.79 Å². The van der Waals surface area contributed by atoms with E-state index in [1.54, 1.807) is 7.05 Å². The van der Waals surface area contributed by atoms with E-state index >= 15 is 0 Å². The van der Waals surface area contributed by atoms with Crippen LogP contribution in [0.4, 0.5) is 0 Å². The highest BCUT2D eigenvalue weighted by Crippen LogP contribution is 2.09. The van der Waals surface area contributed by atoms with Crippen molar-refractivity contribution in [3.8, 4) is 0 Å². The third kappa shape index (κ3) is 7.54. The standard InChI is InChI=1S/C9H20N2O/c1-9(2,3)7-11-6-5-8(12)10-4/h11H,5-7H2,1-4H3,(H,10,12). The lowest BCUT2D eigenvalue weighted by Crippen LogP contribution is -2.30. The molecule has 0 rings (SSSR count). The number of amides is 1. The Morgan fingerprint density at radius 2 is 1.92 bits per heavy atom. The van der Waals surface area contributed by atoms with Crippen molar-refractivity contribution >= 4 is 5.91 Å². The molecule has 0 aliphatic rings. The molecule has 0 radical (unpaired) electrons. The van der Waals surface area contributed by atoms with Gasteiger partial charge in [-0.05, 0) is 5.41 Å². The van der Waals surface area contributed by atoms with E-state index in [1.165, 1.54) is 0 Å². The molecule has 0 aromatic heterocycles. The summed E-state index contributed by atoms with van der Waals surface area (Å²) in [7, 11) is 1.66. The van der Waals surface area contributed by atoms with E-state index < -0.39 is 0 Å². The number of carbonyl (C=O) groups is 1. The van der Waals surface area contributed by atoms with Gasteiger partial charge in [0, 0.05) is 26.6 Å². The smallest absolute Gasteiger partial charge is 0.221 e. The van der Waals surface area contributed by atoms with Crippen LogP contribution < -0.4 is 10.6 Å². The zero-order valence-electron chi connectivity index (χ0n) is 8.53. The molecule has 3 heteroatoms. The van der Waals surface area contributed by atoms with Gasteiger partial charge in [-0.25, -0.2) is 0 Å². The molecule has 1 amide bonds. The van der Waals surface area contributed by atoms with Crippen LogP contribution in [0.3, 0.4) is 0 Å². The summed E-state index contributed by atoms with van der Waals surface area (Å²) in [6.45, 7) is 8.21. The van der Waals surface area contributed by atoms with Gasteiger partial charge in [0.15, 0.2) is 0 Å². The Morgan fingerprint density at radius 3 is 2.33 bits per heavy atom. The van der Waals surface area contributed by atoms with Crippen LogP contribution in [-0.4, -0.2) is 26.0 Å². The molecule has 0 aromatic rings. The fraction of sp³-hybridized carbons (Fsp3) is 0.889. The lowest BCUT2D eigenvalue weighted by atomic mass is 9.97. The Kier molecular flexibility index (Phi) is 4.90. The highest BCUT2D eigenvalue weighted by molar-refractivity contribution is 5.75. The van der Waals surface area contributed by atoms with Gasteiger partial charge in [0.05, 0.1) is 0 Å². The summed E-state index contributed by atoms with van der Waals surface area (Å²) in [6.07, 6.45) is 0.562. The molecule has 0 bridgehead atoms. The van der Waals surface area contributed by atoms with E-state index in [4.69, 9.17) is 0 Å². The maximum atomic E-state index is 10.8. The van der Waals surface area contributed by atoms with Crippen LogP contribution >= 0.6 is 0 Å². The van der Waals surface area contributed by atoms with Crippen molar-refractivity contribution in [2.75, 3.05) is 20.1 Å². The second-order valence-electron chi connectivity index (χ2n) is 4.16. The van der Waals surface area contributed by atoms with Gasteiger partial charge in [-0.3, -0.25) is 4.79 Å². The summed E-state index contributed by atoms with van der Waals surface area (Å²) in [5.74, 6) is 0.0939. The predicted octanol–water partition coefficient (Wildman–Crippen LogP) is 0.758. The maximum Gasteiger partial charge on any atom is 0.221 e. The van der Waals surface area contributed by atoms with Crippen LogP contribution in [0, 0.1) is 5.41 Å². The van der Waals surface area contributed by atoms with Crippen LogP contribution in [0.25, 0.3) is 0 Å². The minimum Gasteiger partial charge on any atom is -0.359 e. The number of rotatable bonds is 4. The van der Waals surface area contributed by atoms with Crippen molar-refractivity contribution in [2.45, 2.75) is 27.2 Å². The van der Waals surface area contributed by atoms with E-state index in [2.05, 4.69) is 31.4 Å². The zero-order chi connectivity index (χ0) is 9.61. The fourth-order valence-corrected chi connectivity index (χ4v) is 0.790. The molecule has 0 aliphatic carbocycles. The van der Waals surface area contributed by atoms with Crippen molar-refractivity contribution in [3.63, 3.8) is 0 Å². The van der Waals surface area contributed by atoms with E-state index in [0.29, 0.717) is 11.8 Å². The first-order valence-corrected chi connectivity index (χ1v) is 4.37. The van der Waals surface area contributed by atoms with Gasteiger partial charge in [0.1, 0.15) is 0 Å². The second-order valence-corrected chi connectivity index (χ2v) is 4.16. The quantitative estimate of drug-likeness (QED) is 0.615. The van der Waals surface area contributed by atoms with Gasteiger partial charge in [-0.1, -0.05) is 20.8 Å². The Morgan fingerprint density at radius 1 is 1.33 bits per heavy atom. The van der Waals surface area contributed by atoms with Gasteiger partial charge in [0.25, 0.3) is 0 Å². The van der Waals surface area contributed by atoms with E-state index in [1.807, 2.05) is 0 Å². The molecule has 0 atom stereocenters. The number of hydrogen-bond donors (Lipinski definition) is 2. The molecule has 3 nitrogen and oxygen atoms in total. The van der Waals surface area contributed by atoms with Gasteiger partial charge in [-0.15, -0.1) is 0 Å². The summed E-state index contributed by atoms with van der Waals surface area (Å²) >= 11 is 0. The molecule has 0 aliphatic heterocycles. The monoisotopic (exact) mass is 172 g/mol. The first kappa shape index (κ1) is 11.4. The third-order valence-electron chi connectivity index (χ3n) is 1.46. The molecule has 0 saturated heterocycles. The lowest BCUT2D eigenvalue weighted by Gasteiger charge is -2.18. The Bertz CT molecular complexity index is 138. The Labute approximate surface area is 74.9 Å². The summed E-state index contributed by atoms with van der Waals surface area (Å²) < 4.78 is 0. The van der Waals surface area contributed by atoms with Gasteiger partial charge < -0.3 is 10.6 Å². The molecule has 72 valence electrons. The van der Waals surface area contributed by atoms with E-state index in [0.717, 1.165) is 13.1 Å². The van der Waals surface area contributed by atoms with Crippen LogP contribution in [0.1, 0.15) is 27.2 Å². The molecule has 12 heavy (non-hydrogen) atoms. The van der Waals surface area contributed by atoms with E-state index in [9.17, 15) is 4.79 Å². The Balaban J connectivity index is 3.28. The highest BCUT2D eigenvalue weighted by atomic mass is 16.1. The van der Waals surface area contributed by atoms with Gasteiger partial charge in [0.2, 0.25) is 5.91 Å². The third-order valence-corrected chi connectivity index (χ3v) is 1.46. The topological polar surface area (TPSA) is 41.1 Å². The minimum atomic E-state index is 0.0939. The summed E-state index contributed by atoms with van der Waals surface area (Å²) in [5, 5.41) is 5.81. The number of hydrogen-bond acceptors (Lipinski definition) is 2. The van der Waals surface area contributed by atoms with Crippen LogP contribution in [0.15, 0.2) is 0 Å². The molecule has 0 aromatic carbocycles. The average Bonchev–Trinajstić information content (AvgIpc) is 1.96. The first-order valence-electron chi connectivity index (χ1n) is 4.37. The molecule has 2 N–H and O–H groups in total. The average molecular weight is 172 g/mol. The first-order chi connectivity index (χ1) is 5.45. The molecule has 0 unspecified atom stereocenters. The maximum absolute atomic E-state index is 10.8. The van der Waals surface area contributed by atoms with E-state index in [-0.39, 0.29) is 5.91 Å². The van der Waals surface area contributed by atoms with Crippen molar-refractivity contribution in [2.24, 2.45) is 5.41 Å². The molecule has 0 fully saturated rings. The number of carbonyl (C=O) groups excluding carboxylic acids is 1. The Hall–Kier alpha value is -0.570. The SMILES string of the molecule is CNC(=O)CCNCC(C)(C)C. The van der Waals surface area contributed by atoms with Gasteiger partial charge in [-0.2, -0.15) is 0 Å². The van der Waals surface area contributed by atoms with Crippen molar-refractivity contribution in [3.05, 3.63) is 0 Å². The molecular formula is C9H20N2O. The molecule has 0 saturated carbocycles. The normalized spacial score (nSPS) is 11.3. The lowest BCUT2D eigenvalue weighted by molar-refractivity contribution is -0.120. The molecule has 0 heterocycles. The molecule has 0 spiro atoms. The van der Waals surface area contributed by atoms with Crippen LogP contribution in [-0.2, 0) is 4.79 Å². The summed E-state index contributed by atoms with van der Waals surface area (Å²) in [6, 6.07) is 0. The largest absolute Gasteiger partial charge is 0.359 e. The van der Waals surface area contributed by atoms with Crippen LogP contribution in [0.2, 0.25) is 0 Å². The fourth-order valence-electron chi connectivity index (χ4n) is 0.790. The highest BCUT2D eigenvalue weighted by Gasteiger charge is 2.08. The minimum absolute atomic E-state index is 0.0939. The second kappa shape index (κ2) is 5.14.